The Labute approximate surface area is 154 Å². The summed E-state index contributed by atoms with van der Waals surface area (Å²) in [7, 11) is 1.94. The van der Waals surface area contributed by atoms with Gasteiger partial charge in [-0.2, -0.15) is 0 Å². The summed E-state index contributed by atoms with van der Waals surface area (Å²) < 4.78 is 0. The maximum Gasteiger partial charge on any atom is 0.252 e. The lowest BCUT2D eigenvalue weighted by atomic mass is 9.91. The van der Waals surface area contributed by atoms with E-state index in [9.17, 15) is 4.79 Å². The van der Waals surface area contributed by atoms with Crippen LogP contribution in [-0.4, -0.2) is 40.6 Å². The van der Waals surface area contributed by atoms with Crippen LogP contribution in [0.15, 0.2) is 35.3 Å². The van der Waals surface area contributed by atoms with Crippen LogP contribution in [0.1, 0.15) is 31.7 Å². The Morgan fingerprint density at radius 3 is 2.58 bits per heavy atom. The van der Waals surface area contributed by atoms with Crippen molar-refractivity contribution >= 4 is 5.95 Å². The zero-order chi connectivity index (χ0) is 18.5. The first-order valence-corrected chi connectivity index (χ1v) is 9.25. The van der Waals surface area contributed by atoms with Gasteiger partial charge in [-0.15, -0.1) is 0 Å². The first-order valence-electron chi connectivity index (χ1n) is 9.25. The van der Waals surface area contributed by atoms with Crippen LogP contribution in [-0.2, 0) is 12.8 Å². The number of nitrogens with zero attached hydrogens (tertiary/aromatic N) is 3. The van der Waals surface area contributed by atoms with E-state index in [4.69, 9.17) is 0 Å². The van der Waals surface area contributed by atoms with Crippen molar-refractivity contribution in [1.29, 1.82) is 0 Å². The number of rotatable bonds is 7. The van der Waals surface area contributed by atoms with Crippen LogP contribution in [0.25, 0.3) is 0 Å². The van der Waals surface area contributed by atoms with Gasteiger partial charge in [-0.05, 0) is 44.7 Å². The smallest absolute Gasteiger partial charge is 0.252 e. The van der Waals surface area contributed by atoms with Crippen LogP contribution in [0.5, 0.6) is 0 Å². The molecule has 0 amide bonds. The van der Waals surface area contributed by atoms with E-state index >= 15 is 0 Å². The van der Waals surface area contributed by atoms with E-state index in [0.29, 0.717) is 23.9 Å². The lowest BCUT2D eigenvalue weighted by Crippen LogP contribution is -2.30. The second kappa shape index (κ2) is 8.42. The number of anilines is 1. The van der Waals surface area contributed by atoms with Gasteiger partial charge >= 0.3 is 0 Å². The van der Waals surface area contributed by atoms with Gasteiger partial charge in [0, 0.05) is 55.7 Å². The minimum atomic E-state index is -0.0987. The number of aromatic amines is 1. The summed E-state index contributed by atoms with van der Waals surface area (Å²) in [6, 6.07) is 8.36. The predicted octanol–water partition coefficient (Wildman–Crippen LogP) is 1.28. The molecule has 0 spiro atoms. The summed E-state index contributed by atoms with van der Waals surface area (Å²) >= 11 is 0. The minimum absolute atomic E-state index is 0.0987. The first kappa shape index (κ1) is 18.5. The number of hydrazine groups is 1. The largest absolute Gasteiger partial charge is 0.345 e. The SMILES string of the molecule is CC1NNC(C)C1CCc1cc(=O)[nH]c(N(C)CCc2ccccn2)n1. The van der Waals surface area contributed by atoms with E-state index in [1.165, 1.54) is 0 Å². The standard InChI is InChI=1S/C19H28N6O/c1-13-17(14(2)24-23-13)8-7-16-12-18(26)22-19(21-16)25(3)11-9-15-6-4-5-10-20-15/h4-6,10,12-14,17,23-24H,7-9,11H2,1-3H3,(H,21,22,26). The summed E-state index contributed by atoms with van der Waals surface area (Å²) in [4.78, 5) is 25.9. The Balaban J connectivity index is 1.62. The normalized spacial score (nSPS) is 22.5. The van der Waals surface area contributed by atoms with E-state index in [1.807, 2.05) is 30.1 Å². The van der Waals surface area contributed by atoms with Crippen LogP contribution >= 0.6 is 0 Å². The predicted molar refractivity (Wildman–Crippen MR) is 103 cm³/mol. The van der Waals surface area contributed by atoms with E-state index in [0.717, 1.165) is 37.2 Å². The maximum absolute atomic E-state index is 12.1. The number of aryl methyl sites for hydroxylation is 1. The zero-order valence-corrected chi connectivity index (χ0v) is 15.7. The summed E-state index contributed by atoms with van der Waals surface area (Å²) in [5.74, 6) is 1.15. The molecule has 1 aliphatic heterocycles. The molecule has 1 saturated heterocycles. The van der Waals surface area contributed by atoms with E-state index in [-0.39, 0.29) is 5.56 Å². The van der Waals surface area contributed by atoms with Crippen molar-refractivity contribution in [2.45, 2.75) is 45.2 Å². The zero-order valence-electron chi connectivity index (χ0n) is 15.7. The molecule has 2 aromatic heterocycles. The van der Waals surface area contributed by atoms with Gasteiger partial charge in [0.05, 0.1) is 0 Å². The molecule has 1 fully saturated rings. The van der Waals surface area contributed by atoms with Crippen LogP contribution in [0.3, 0.4) is 0 Å². The minimum Gasteiger partial charge on any atom is -0.345 e. The van der Waals surface area contributed by atoms with Gasteiger partial charge in [0.2, 0.25) is 5.95 Å². The molecule has 2 aromatic rings. The van der Waals surface area contributed by atoms with Gasteiger partial charge in [0.1, 0.15) is 0 Å². The van der Waals surface area contributed by atoms with Gasteiger partial charge < -0.3 is 4.90 Å². The number of H-pyrrole nitrogens is 1. The van der Waals surface area contributed by atoms with Gasteiger partial charge in [-0.3, -0.25) is 25.6 Å². The second-order valence-electron chi connectivity index (χ2n) is 7.12. The lowest BCUT2D eigenvalue weighted by Gasteiger charge is -2.19. The molecule has 2 unspecified atom stereocenters. The lowest BCUT2D eigenvalue weighted by molar-refractivity contribution is 0.412. The highest BCUT2D eigenvalue weighted by atomic mass is 16.1. The third-order valence-electron chi connectivity index (χ3n) is 5.13. The molecule has 26 heavy (non-hydrogen) atoms. The van der Waals surface area contributed by atoms with Crippen molar-refractivity contribution in [3.8, 4) is 0 Å². The molecule has 1 aliphatic rings. The molecule has 0 aliphatic carbocycles. The van der Waals surface area contributed by atoms with E-state index in [2.05, 4.69) is 39.7 Å². The Bertz CT molecular complexity index is 752. The molecule has 7 heteroatoms. The van der Waals surface area contributed by atoms with Gasteiger partial charge in [-0.25, -0.2) is 4.98 Å². The fourth-order valence-electron chi connectivity index (χ4n) is 3.46. The molecular formula is C19H28N6O. The van der Waals surface area contributed by atoms with Crippen LogP contribution in [0.2, 0.25) is 0 Å². The molecule has 3 N–H and O–H groups in total. The summed E-state index contributed by atoms with van der Waals surface area (Å²) in [5, 5.41) is 0. The van der Waals surface area contributed by atoms with Gasteiger partial charge in [0.15, 0.2) is 0 Å². The first-order chi connectivity index (χ1) is 12.5. The average molecular weight is 356 g/mol. The highest BCUT2D eigenvalue weighted by Gasteiger charge is 2.29. The summed E-state index contributed by atoms with van der Waals surface area (Å²) in [6.07, 6.45) is 4.40. The van der Waals surface area contributed by atoms with Crippen LogP contribution in [0.4, 0.5) is 5.95 Å². The summed E-state index contributed by atoms with van der Waals surface area (Å²) in [5.41, 5.74) is 8.33. The van der Waals surface area contributed by atoms with Crippen molar-refractivity contribution in [3.63, 3.8) is 0 Å². The molecule has 140 valence electrons. The Hall–Kier alpha value is -2.25. The van der Waals surface area contributed by atoms with E-state index in [1.54, 1.807) is 12.3 Å². The molecule has 2 atom stereocenters. The fourth-order valence-corrected chi connectivity index (χ4v) is 3.46. The number of pyridine rings is 1. The monoisotopic (exact) mass is 356 g/mol. The third-order valence-corrected chi connectivity index (χ3v) is 5.13. The summed E-state index contributed by atoms with van der Waals surface area (Å²) in [6.45, 7) is 5.11. The topological polar surface area (TPSA) is 85.9 Å². The van der Waals surface area contributed by atoms with Gasteiger partial charge in [-0.1, -0.05) is 6.07 Å². The molecule has 0 saturated carbocycles. The van der Waals surface area contributed by atoms with Crippen molar-refractivity contribution in [2.75, 3.05) is 18.5 Å². The second-order valence-corrected chi connectivity index (χ2v) is 7.12. The number of likely N-dealkylation sites (N-methyl/N-ethyl adjacent to an activating group) is 1. The number of nitrogens with one attached hydrogen (secondary N) is 3. The van der Waals surface area contributed by atoms with Crippen molar-refractivity contribution in [2.24, 2.45) is 5.92 Å². The fraction of sp³-hybridized carbons (Fsp3) is 0.526. The van der Waals surface area contributed by atoms with E-state index < -0.39 is 0 Å². The highest BCUT2D eigenvalue weighted by molar-refractivity contribution is 5.29. The maximum atomic E-state index is 12.1. The molecule has 3 rings (SSSR count). The van der Waals surface area contributed by atoms with Crippen LogP contribution in [0, 0.1) is 5.92 Å². The third kappa shape index (κ3) is 4.68. The molecule has 0 aromatic carbocycles. The van der Waals surface area contributed by atoms with Crippen molar-refractivity contribution in [3.05, 3.63) is 52.2 Å². The van der Waals surface area contributed by atoms with Crippen LogP contribution < -0.4 is 21.3 Å². The Kier molecular flexibility index (Phi) is 6.00. The van der Waals surface area contributed by atoms with Gasteiger partial charge in [0.25, 0.3) is 5.56 Å². The Morgan fingerprint density at radius 2 is 1.88 bits per heavy atom. The molecule has 7 nitrogen and oxygen atoms in total. The highest BCUT2D eigenvalue weighted by Crippen LogP contribution is 2.20. The Morgan fingerprint density at radius 1 is 1.12 bits per heavy atom. The number of hydrogen-bond donors (Lipinski definition) is 3. The quantitative estimate of drug-likeness (QED) is 0.693. The van der Waals surface area contributed by atoms with Crippen molar-refractivity contribution in [1.82, 2.24) is 25.8 Å². The molecule has 3 heterocycles. The van der Waals surface area contributed by atoms with Crippen molar-refractivity contribution < 1.29 is 0 Å². The molecule has 0 bridgehead atoms. The molecule has 0 radical (unpaired) electrons. The number of hydrogen-bond acceptors (Lipinski definition) is 6. The number of aromatic nitrogens is 3. The molecular weight excluding hydrogens is 328 g/mol. The average Bonchev–Trinajstić information content (AvgIpc) is 2.96.